The average Bonchev–Trinajstić information content (AvgIpc) is 2.30. The molecule has 1 aliphatic heterocycles. The summed E-state index contributed by atoms with van der Waals surface area (Å²) in [7, 11) is 0. The molecule has 1 heterocycles. The van der Waals surface area contributed by atoms with E-state index in [1.54, 1.807) is 6.20 Å². The van der Waals surface area contributed by atoms with Gasteiger partial charge in [0, 0.05) is 18.6 Å². The van der Waals surface area contributed by atoms with Crippen LogP contribution in [0.3, 0.4) is 0 Å². The standard InChI is InChI=1S/C11H9N3/c12-9-10-3-1-2-4-11(10)14-7-5-13-6-8-14/h1-7H,8H2. The van der Waals surface area contributed by atoms with Crippen molar-refractivity contribution >= 4 is 11.9 Å². The molecule has 1 aromatic rings. The van der Waals surface area contributed by atoms with Gasteiger partial charge in [0.25, 0.3) is 0 Å². The molecule has 0 saturated heterocycles. The molecular formula is C11H9N3. The van der Waals surface area contributed by atoms with Crippen molar-refractivity contribution in [2.45, 2.75) is 0 Å². The van der Waals surface area contributed by atoms with Gasteiger partial charge in [-0.2, -0.15) is 5.26 Å². The van der Waals surface area contributed by atoms with Crippen molar-refractivity contribution in [2.24, 2.45) is 4.99 Å². The predicted molar refractivity (Wildman–Crippen MR) is 56.1 cm³/mol. The van der Waals surface area contributed by atoms with Crippen molar-refractivity contribution < 1.29 is 0 Å². The third-order valence-electron chi connectivity index (χ3n) is 2.05. The lowest BCUT2D eigenvalue weighted by atomic mass is 10.2. The lowest BCUT2D eigenvalue weighted by molar-refractivity contribution is 1.10. The van der Waals surface area contributed by atoms with Crippen LogP contribution in [0.1, 0.15) is 5.56 Å². The molecule has 68 valence electrons. The quantitative estimate of drug-likeness (QED) is 0.667. The van der Waals surface area contributed by atoms with Crippen LogP contribution in [0.2, 0.25) is 0 Å². The van der Waals surface area contributed by atoms with Crippen molar-refractivity contribution in [3.63, 3.8) is 0 Å². The Morgan fingerprint density at radius 2 is 2.21 bits per heavy atom. The summed E-state index contributed by atoms with van der Waals surface area (Å²) in [6, 6.07) is 9.71. The van der Waals surface area contributed by atoms with Crippen LogP contribution in [0.4, 0.5) is 5.69 Å². The largest absolute Gasteiger partial charge is 0.340 e. The van der Waals surface area contributed by atoms with Gasteiger partial charge >= 0.3 is 0 Å². The van der Waals surface area contributed by atoms with Crippen LogP contribution < -0.4 is 4.90 Å². The molecule has 3 heteroatoms. The van der Waals surface area contributed by atoms with Gasteiger partial charge in [0.15, 0.2) is 0 Å². The fourth-order valence-electron chi connectivity index (χ4n) is 1.37. The van der Waals surface area contributed by atoms with Crippen LogP contribution in [-0.4, -0.2) is 12.8 Å². The van der Waals surface area contributed by atoms with Crippen molar-refractivity contribution in [1.82, 2.24) is 0 Å². The molecule has 0 spiro atoms. The lowest BCUT2D eigenvalue weighted by Gasteiger charge is -2.20. The van der Waals surface area contributed by atoms with Crippen molar-refractivity contribution in [1.29, 1.82) is 5.26 Å². The van der Waals surface area contributed by atoms with Gasteiger partial charge in [0.2, 0.25) is 0 Å². The fraction of sp³-hybridized carbons (Fsp3) is 0.0909. The predicted octanol–water partition coefficient (Wildman–Crippen LogP) is 1.92. The Labute approximate surface area is 82.6 Å². The SMILES string of the molecule is N#Cc1ccccc1N1C=CN=CC1. The molecule has 1 aromatic carbocycles. The van der Waals surface area contributed by atoms with E-state index in [9.17, 15) is 0 Å². The molecule has 0 aliphatic carbocycles. The third kappa shape index (κ3) is 1.50. The number of rotatable bonds is 1. The molecule has 0 bridgehead atoms. The summed E-state index contributed by atoms with van der Waals surface area (Å²) in [5.74, 6) is 0. The van der Waals surface area contributed by atoms with Crippen LogP contribution in [0.5, 0.6) is 0 Å². The van der Waals surface area contributed by atoms with Crippen LogP contribution >= 0.6 is 0 Å². The van der Waals surface area contributed by atoms with Gasteiger partial charge in [-0.1, -0.05) is 12.1 Å². The highest BCUT2D eigenvalue weighted by molar-refractivity contribution is 5.72. The van der Waals surface area contributed by atoms with Gasteiger partial charge < -0.3 is 4.90 Å². The summed E-state index contributed by atoms with van der Waals surface area (Å²) >= 11 is 0. The second-order valence-corrected chi connectivity index (χ2v) is 2.91. The monoisotopic (exact) mass is 183 g/mol. The van der Waals surface area contributed by atoms with E-state index in [-0.39, 0.29) is 0 Å². The molecule has 0 unspecified atom stereocenters. The van der Waals surface area contributed by atoms with Gasteiger partial charge in [-0.05, 0) is 12.1 Å². The zero-order valence-corrected chi connectivity index (χ0v) is 7.59. The molecule has 2 rings (SSSR count). The normalized spacial score (nSPS) is 14.1. The molecule has 0 amide bonds. The minimum absolute atomic E-state index is 0.687. The maximum Gasteiger partial charge on any atom is 0.101 e. The Morgan fingerprint density at radius 3 is 2.93 bits per heavy atom. The van der Waals surface area contributed by atoms with Gasteiger partial charge in [-0.25, -0.2) is 0 Å². The van der Waals surface area contributed by atoms with E-state index in [1.165, 1.54) is 0 Å². The van der Waals surface area contributed by atoms with Crippen molar-refractivity contribution in [2.75, 3.05) is 11.4 Å². The molecule has 3 nitrogen and oxygen atoms in total. The first-order chi connectivity index (χ1) is 6.92. The second-order valence-electron chi connectivity index (χ2n) is 2.91. The number of aliphatic imine (C=N–C) groups is 1. The van der Waals surface area contributed by atoms with E-state index >= 15 is 0 Å². The molecule has 0 N–H and O–H groups in total. The van der Waals surface area contributed by atoms with E-state index in [0.717, 1.165) is 12.2 Å². The van der Waals surface area contributed by atoms with Crippen LogP contribution in [-0.2, 0) is 0 Å². The summed E-state index contributed by atoms with van der Waals surface area (Å²) < 4.78 is 0. The Balaban J connectivity index is 2.37. The van der Waals surface area contributed by atoms with E-state index in [1.807, 2.05) is 41.6 Å². The van der Waals surface area contributed by atoms with Gasteiger partial charge in [0.1, 0.15) is 6.07 Å². The minimum atomic E-state index is 0.687. The Hall–Kier alpha value is -2.08. The maximum atomic E-state index is 8.91. The summed E-state index contributed by atoms with van der Waals surface area (Å²) in [6.07, 6.45) is 5.40. The zero-order valence-electron chi connectivity index (χ0n) is 7.59. The zero-order chi connectivity index (χ0) is 9.80. The van der Waals surface area contributed by atoms with Crippen molar-refractivity contribution in [3.8, 4) is 6.07 Å². The highest BCUT2D eigenvalue weighted by Gasteiger charge is 2.07. The van der Waals surface area contributed by atoms with Gasteiger partial charge in [-0.3, -0.25) is 4.99 Å². The minimum Gasteiger partial charge on any atom is -0.340 e. The molecule has 0 fully saturated rings. The number of anilines is 1. The maximum absolute atomic E-state index is 8.91. The van der Waals surface area contributed by atoms with Crippen LogP contribution in [0.25, 0.3) is 0 Å². The summed E-state index contributed by atoms with van der Waals surface area (Å²) in [5.41, 5.74) is 1.62. The van der Waals surface area contributed by atoms with Crippen molar-refractivity contribution in [3.05, 3.63) is 42.2 Å². The number of benzene rings is 1. The number of nitriles is 1. The molecule has 1 aliphatic rings. The average molecular weight is 183 g/mol. The number of para-hydroxylation sites is 1. The van der Waals surface area contributed by atoms with Crippen LogP contribution in [0, 0.1) is 11.3 Å². The van der Waals surface area contributed by atoms with E-state index in [0.29, 0.717) is 5.56 Å². The second kappa shape index (κ2) is 3.75. The summed E-state index contributed by atoms with van der Waals surface area (Å²) in [5, 5.41) is 8.91. The smallest absolute Gasteiger partial charge is 0.101 e. The first-order valence-electron chi connectivity index (χ1n) is 4.36. The Bertz CT molecular complexity index is 426. The van der Waals surface area contributed by atoms with Crippen LogP contribution in [0.15, 0.2) is 41.7 Å². The van der Waals surface area contributed by atoms with E-state index in [2.05, 4.69) is 11.1 Å². The molecule has 0 radical (unpaired) electrons. The Kier molecular flexibility index (Phi) is 2.28. The fourth-order valence-corrected chi connectivity index (χ4v) is 1.37. The summed E-state index contributed by atoms with van der Waals surface area (Å²) in [4.78, 5) is 5.97. The van der Waals surface area contributed by atoms with Gasteiger partial charge in [-0.15, -0.1) is 0 Å². The Morgan fingerprint density at radius 1 is 1.36 bits per heavy atom. The molecule has 0 atom stereocenters. The number of hydrogen-bond acceptors (Lipinski definition) is 3. The number of nitrogens with zero attached hydrogens (tertiary/aromatic N) is 3. The highest BCUT2D eigenvalue weighted by atomic mass is 15.1. The molecular weight excluding hydrogens is 174 g/mol. The molecule has 0 saturated carbocycles. The lowest BCUT2D eigenvalue weighted by Crippen LogP contribution is -2.21. The third-order valence-corrected chi connectivity index (χ3v) is 2.05. The first kappa shape index (κ1) is 8.52. The van der Waals surface area contributed by atoms with E-state index < -0.39 is 0 Å². The highest BCUT2D eigenvalue weighted by Crippen LogP contribution is 2.20. The van der Waals surface area contributed by atoms with E-state index in [4.69, 9.17) is 5.26 Å². The molecule has 0 aromatic heterocycles. The van der Waals surface area contributed by atoms with Gasteiger partial charge in [0.05, 0.1) is 17.8 Å². The topological polar surface area (TPSA) is 39.4 Å². The first-order valence-corrected chi connectivity index (χ1v) is 4.36. The number of hydrogen-bond donors (Lipinski definition) is 0. The summed E-state index contributed by atoms with van der Waals surface area (Å²) in [6.45, 7) is 0.717. The molecule has 14 heavy (non-hydrogen) atoms.